The molecule has 1 heterocycles. The summed E-state index contributed by atoms with van der Waals surface area (Å²) in [7, 11) is 0. The Labute approximate surface area is 146 Å². The minimum absolute atomic E-state index is 0.0230. The Morgan fingerprint density at radius 3 is 2.60 bits per heavy atom. The number of nitrogens with zero attached hydrogens (tertiary/aromatic N) is 2. The van der Waals surface area contributed by atoms with Crippen LogP contribution in [-0.4, -0.2) is 16.0 Å². The van der Waals surface area contributed by atoms with Gasteiger partial charge in [0.2, 0.25) is 17.6 Å². The van der Waals surface area contributed by atoms with Gasteiger partial charge in [-0.25, -0.2) is 8.78 Å². The molecule has 1 amide bonds. The van der Waals surface area contributed by atoms with Gasteiger partial charge in [-0.3, -0.25) is 4.79 Å². The maximum atomic E-state index is 14.5. The zero-order chi connectivity index (χ0) is 18.1. The van der Waals surface area contributed by atoms with Crippen LogP contribution in [0.5, 0.6) is 0 Å². The highest BCUT2D eigenvalue weighted by atomic mass is 35.5. The minimum atomic E-state index is -0.775. The first kappa shape index (κ1) is 17.0. The molecule has 3 aromatic rings. The Balaban J connectivity index is 2.17. The van der Waals surface area contributed by atoms with E-state index >= 15 is 0 Å². The molecule has 0 saturated carbocycles. The van der Waals surface area contributed by atoms with Crippen molar-refractivity contribution in [1.29, 1.82) is 0 Å². The summed E-state index contributed by atoms with van der Waals surface area (Å²) in [5.74, 6) is -1.85. The lowest BCUT2D eigenvalue weighted by Gasteiger charge is -2.10. The van der Waals surface area contributed by atoms with Gasteiger partial charge in [0, 0.05) is 17.5 Å². The molecule has 8 heteroatoms. The van der Waals surface area contributed by atoms with E-state index in [-0.39, 0.29) is 33.4 Å². The van der Waals surface area contributed by atoms with Crippen molar-refractivity contribution in [2.24, 2.45) is 5.73 Å². The lowest BCUT2D eigenvalue weighted by molar-refractivity contribution is -0.114. The van der Waals surface area contributed by atoms with Gasteiger partial charge in [0.05, 0.1) is 12.0 Å². The first-order valence-corrected chi connectivity index (χ1v) is 7.47. The lowest BCUT2D eigenvalue weighted by atomic mass is 9.97. The lowest BCUT2D eigenvalue weighted by Crippen LogP contribution is -2.12. The second-order valence-corrected chi connectivity index (χ2v) is 5.67. The molecule has 127 valence electrons. The van der Waals surface area contributed by atoms with Crippen LogP contribution in [0.3, 0.4) is 0 Å². The Bertz CT molecular complexity index is 973. The van der Waals surface area contributed by atoms with E-state index in [4.69, 9.17) is 21.9 Å². The number of benzene rings is 2. The van der Waals surface area contributed by atoms with Crippen molar-refractivity contribution in [3.8, 4) is 22.5 Å². The van der Waals surface area contributed by atoms with Crippen molar-refractivity contribution in [2.45, 2.75) is 6.92 Å². The Kier molecular flexibility index (Phi) is 4.50. The molecule has 3 rings (SSSR count). The van der Waals surface area contributed by atoms with Crippen LogP contribution >= 0.6 is 11.6 Å². The quantitative estimate of drug-likeness (QED) is 0.767. The first-order valence-electron chi connectivity index (χ1n) is 7.09. The number of rotatable bonds is 4. The maximum absolute atomic E-state index is 14.5. The van der Waals surface area contributed by atoms with Gasteiger partial charge < -0.3 is 10.3 Å². The molecule has 0 spiro atoms. The Hall–Kier alpha value is -2.80. The predicted octanol–water partition coefficient (Wildman–Crippen LogP) is 3.68. The van der Waals surface area contributed by atoms with E-state index in [9.17, 15) is 13.6 Å². The summed E-state index contributed by atoms with van der Waals surface area (Å²) >= 11 is 5.94. The van der Waals surface area contributed by atoms with Gasteiger partial charge in [0.15, 0.2) is 0 Å². The molecular weight excluding hydrogens is 352 g/mol. The van der Waals surface area contributed by atoms with Gasteiger partial charge in [-0.1, -0.05) is 28.9 Å². The van der Waals surface area contributed by atoms with E-state index < -0.39 is 17.5 Å². The number of hydrogen-bond acceptors (Lipinski definition) is 4. The number of primary amides is 1. The van der Waals surface area contributed by atoms with E-state index in [0.717, 1.165) is 18.6 Å². The van der Waals surface area contributed by atoms with E-state index in [0.29, 0.717) is 5.56 Å². The molecule has 0 saturated heterocycles. The van der Waals surface area contributed by atoms with Gasteiger partial charge in [-0.2, -0.15) is 4.98 Å². The summed E-state index contributed by atoms with van der Waals surface area (Å²) < 4.78 is 33.6. The van der Waals surface area contributed by atoms with Gasteiger partial charge >= 0.3 is 0 Å². The summed E-state index contributed by atoms with van der Waals surface area (Å²) in [5, 5.41) is 3.84. The maximum Gasteiger partial charge on any atom is 0.226 e. The van der Waals surface area contributed by atoms with Gasteiger partial charge in [-0.15, -0.1) is 0 Å². The molecule has 1 aromatic heterocycles. The van der Waals surface area contributed by atoms with Crippen molar-refractivity contribution < 1.29 is 18.1 Å². The highest BCUT2D eigenvalue weighted by Gasteiger charge is 2.20. The zero-order valence-electron chi connectivity index (χ0n) is 12.9. The van der Waals surface area contributed by atoms with Crippen LogP contribution in [0.15, 0.2) is 34.9 Å². The van der Waals surface area contributed by atoms with Gasteiger partial charge in [0.25, 0.3) is 0 Å². The molecule has 1 radical (unpaired) electrons. The third kappa shape index (κ3) is 3.51. The number of amides is 1. The third-order valence-corrected chi connectivity index (χ3v) is 3.63. The molecule has 0 unspecified atom stereocenters. The second kappa shape index (κ2) is 6.60. The zero-order valence-corrected chi connectivity index (χ0v) is 13.6. The van der Waals surface area contributed by atoms with E-state index in [1.165, 1.54) is 18.2 Å². The molecule has 25 heavy (non-hydrogen) atoms. The second-order valence-electron chi connectivity index (χ2n) is 5.23. The number of carbonyl (C=O) groups excluding carboxylic acids is 1. The van der Waals surface area contributed by atoms with Crippen molar-refractivity contribution in [1.82, 2.24) is 10.1 Å². The number of hydrogen-bond donors (Lipinski definition) is 1. The number of halogens is 3. The van der Waals surface area contributed by atoms with Crippen molar-refractivity contribution >= 4 is 17.5 Å². The Morgan fingerprint density at radius 2 is 2.00 bits per heavy atom. The number of carbonyl (C=O) groups is 1. The topological polar surface area (TPSA) is 82.0 Å². The van der Waals surface area contributed by atoms with Crippen LogP contribution in [0.4, 0.5) is 8.78 Å². The molecule has 0 atom stereocenters. The monoisotopic (exact) mass is 362 g/mol. The predicted molar refractivity (Wildman–Crippen MR) is 87.4 cm³/mol. The summed E-state index contributed by atoms with van der Waals surface area (Å²) in [4.78, 5) is 14.9. The molecule has 2 aromatic carbocycles. The molecule has 0 aliphatic carbocycles. The number of nitrogens with two attached hydrogens (primary N) is 1. The normalized spacial score (nSPS) is 10.9. The van der Waals surface area contributed by atoms with Crippen LogP contribution in [0.25, 0.3) is 22.5 Å². The van der Waals surface area contributed by atoms with E-state index in [1.807, 2.05) is 0 Å². The average Bonchev–Trinajstić information content (AvgIpc) is 2.94. The smallest absolute Gasteiger partial charge is 0.226 e. The van der Waals surface area contributed by atoms with E-state index in [2.05, 4.69) is 10.1 Å². The van der Waals surface area contributed by atoms with Crippen molar-refractivity contribution in [2.75, 3.05) is 0 Å². The number of aryl methyl sites for hydroxylation is 1. The summed E-state index contributed by atoms with van der Waals surface area (Å²) in [6.07, 6.45) is 0.959. The van der Waals surface area contributed by atoms with Crippen LogP contribution in [-0.2, 0) is 4.79 Å². The van der Waals surface area contributed by atoms with Crippen molar-refractivity contribution in [3.63, 3.8) is 0 Å². The summed E-state index contributed by atoms with van der Waals surface area (Å²) in [5.41, 5.74) is 5.71. The van der Waals surface area contributed by atoms with Crippen molar-refractivity contribution in [3.05, 3.63) is 64.9 Å². The molecule has 0 bridgehead atoms. The Morgan fingerprint density at radius 1 is 1.24 bits per heavy atom. The van der Waals surface area contributed by atoms with Gasteiger partial charge in [-0.05, 0) is 29.3 Å². The SMILES string of the molecule is Cc1nc(-c2c(F)cc(Cl)cc2-c2ccc([CH]C(N)=O)c(F)c2)no1. The van der Waals surface area contributed by atoms with Crippen LogP contribution < -0.4 is 5.73 Å². The molecule has 2 N–H and O–H groups in total. The molecule has 0 fully saturated rings. The fraction of sp³-hybridized carbons (Fsp3) is 0.0588. The minimum Gasteiger partial charge on any atom is -0.369 e. The standard InChI is InChI=1S/C17H11ClF2N3O2/c1-8-22-17(23-25-8)16-12(6-11(18)7-14(16)20)9-2-3-10(5-15(21)24)13(19)4-9/h2-7H,1H3,(H2,21,24). The molecule has 5 nitrogen and oxygen atoms in total. The van der Waals surface area contributed by atoms with Crippen LogP contribution in [0, 0.1) is 25.0 Å². The molecule has 0 aliphatic rings. The average molecular weight is 363 g/mol. The number of aromatic nitrogens is 2. The summed E-state index contributed by atoms with van der Waals surface area (Å²) in [6.45, 7) is 1.57. The molecular formula is C17H11ClF2N3O2. The largest absolute Gasteiger partial charge is 0.369 e. The highest BCUT2D eigenvalue weighted by molar-refractivity contribution is 6.31. The van der Waals surface area contributed by atoms with E-state index in [1.54, 1.807) is 6.92 Å². The van der Waals surface area contributed by atoms with Gasteiger partial charge in [0.1, 0.15) is 11.6 Å². The first-order chi connectivity index (χ1) is 11.8. The summed E-state index contributed by atoms with van der Waals surface area (Å²) in [6, 6.07) is 6.60. The highest BCUT2D eigenvalue weighted by Crippen LogP contribution is 2.36. The third-order valence-electron chi connectivity index (χ3n) is 3.42. The fourth-order valence-corrected chi connectivity index (χ4v) is 2.60. The van der Waals surface area contributed by atoms with Crippen LogP contribution in [0.2, 0.25) is 5.02 Å². The molecule has 0 aliphatic heterocycles. The van der Waals surface area contributed by atoms with Crippen LogP contribution in [0.1, 0.15) is 11.5 Å². The fourth-order valence-electron chi connectivity index (χ4n) is 2.39.